The van der Waals surface area contributed by atoms with Gasteiger partial charge in [-0.3, -0.25) is 4.79 Å². The normalized spacial score (nSPS) is 11.4. The van der Waals surface area contributed by atoms with Crippen molar-refractivity contribution in [1.82, 2.24) is 4.98 Å². The molecule has 0 aliphatic carbocycles. The van der Waals surface area contributed by atoms with Crippen molar-refractivity contribution in [2.24, 2.45) is 0 Å². The highest BCUT2D eigenvalue weighted by atomic mass is 35.5. The number of anilines is 1. The monoisotopic (exact) mass is 482 g/mol. The number of halogens is 1. The zero-order valence-corrected chi connectivity index (χ0v) is 20.3. The number of nitrogens with zero attached hydrogens (tertiary/aromatic N) is 1. The predicted octanol–water partition coefficient (Wildman–Crippen LogP) is 7.99. The number of rotatable bonds is 5. The number of fused-ring (bicyclic) bond motifs is 1. The van der Waals surface area contributed by atoms with Crippen molar-refractivity contribution in [1.29, 1.82) is 0 Å². The summed E-state index contributed by atoms with van der Waals surface area (Å²) in [6, 6.07) is 20.9. The first-order valence-electron chi connectivity index (χ1n) is 11.2. The number of carbonyl (C=O) groups is 1. The highest BCUT2D eigenvalue weighted by Gasteiger charge is 2.11. The van der Waals surface area contributed by atoms with Gasteiger partial charge in [-0.25, -0.2) is 4.98 Å². The van der Waals surface area contributed by atoms with E-state index in [-0.39, 0.29) is 5.91 Å². The number of oxazole rings is 1. The molecule has 5 aromatic rings. The van der Waals surface area contributed by atoms with Gasteiger partial charge in [0.15, 0.2) is 5.58 Å². The molecular formula is C29H23ClN2O3. The van der Waals surface area contributed by atoms with Crippen LogP contribution in [0.15, 0.2) is 81.6 Å². The summed E-state index contributed by atoms with van der Waals surface area (Å²) < 4.78 is 11.7. The number of hydrogen-bond acceptors (Lipinski definition) is 4. The number of aromatic nitrogens is 1. The van der Waals surface area contributed by atoms with Crippen LogP contribution in [0.1, 0.15) is 22.5 Å². The fraction of sp³-hybridized carbons (Fsp3) is 0.103. The first-order valence-corrected chi connectivity index (χ1v) is 11.6. The van der Waals surface area contributed by atoms with Gasteiger partial charge in [0.2, 0.25) is 11.8 Å². The van der Waals surface area contributed by atoms with E-state index < -0.39 is 0 Å². The van der Waals surface area contributed by atoms with Crippen molar-refractivity contribution >= 4 is 40.4 Å². The lowest BCUT2D eigenvalue weighted by Crippen LogP contribution is -2.07. The fourth-order valence-electron chi connectivity index (χ4n) is 3.69. The molecule has 0 bridgehead atoms. The molecule has 0 aliphatic rings. The second-order valence-corrected chi connectivity index (χ2v) is 8.90. The highest BCUT2D eigenvalue weighted by Crippen LogP contribution is 2.29. The summed E-state index contributed by atoms with van der Waals surface area (Å²) in [6.45, 7) is 6.08. The molecule has 0 fully saturated rings. The number of carbonyl (C=O) groups excluding carboxylic acids is 1. The average Bonchev–Trinajstić information content (AvgIpc) is 3.48. The standard InChI is InChI=1S/C29H23ClN2O3/c1-17-4-7-21(14-19(17)3)29-32-25-16-22(8-11-27(25)35-29)31-28(33)13-10-23-9-12-26(34-23)20-6-5-18(2)24(30)15-20/h4-16H,1-3H3,(H,31,33)/b13-10+. The van der Waals surface area contributed by atoms with E-state index in [0.29, 0.717) is 39.2 Å². The zero-order chi connectivity index (χ0) is 24.5. The van der Waals surface area contributed by atoms with Crippen LogP contribution in [-0.4, -0.2) is 10.9 Å². The second kappa shape index (κ2) is 9.28. The molecule has 1 N–H and O–H groups in total. The Hall–Kier alpha value is -4.09. The molecule has 0 aliphatic heterocycles. The Bertz CT molecular complexity index is 1590. The number of hydrogen-bond donors (Lipinski definition) is 1. The van der Waals surface area contributed by atoms with Crippen LogP contribution in [0.3, 0.4) is 0 Å². The molecule has 35 heavy (non-hydrogen) atoms. The molecule has 5 nitrogen and oxygen atoms in total. The number of amides is 1. The van der Waals surface area contributed by atoms with Crippen LogP contribution in [0.5, 0.6) is 0 Å². The van der Waals surface area contributed by atoms with Crippen molar-refractivity contribution in [2.45, 2.75) is 20.8 Å². The Morgan fingerprint density at radius 2 is 1.66 bits per heavy atom. The van der Waals surface area contributed by atoms with Gasteiger partial charge in [-0.1, -0.05) is 29.8 Å². The summed E-state index contributed by atoms with van der Waals surface area (Å²) in [5.74, 6) is 1.52. The third-order valence-electron chi connectivity index (χ3n) is 5.89. The van der Waals surface area contributed by atoms with Crippen LogP contribution in [0, 0.1) is 20.8 Å². The van der Waals surface area contributed by atoms with Crippen LogP contribution >= 0.6 is 11.6 Å². The molecule has 174 valence electrons. The van der Waals surface area contributed by atoms with E-state index in [1.807, 2.05) is 43.3 Å². The molecule has 0 atom stereocenters. The van der Waals surface area contributed by atoms with Crippen molar-refractivity contribution in [3.63, 3.8) is 0 Å². The molecule has 2 heterocycles. The van der Waals surface area contributed by atoms with E-state index in [4.69, 9.17) is 20.4 Å². The molecule has 3 aromatic carbocycles. The number of benzene rings is 3. The zero-order valence-electron chi connectivity index (χ0n) is 19.6. The third kappa shape index (κ3) is 4.91. The van der Waals surface area contributed by atoms with Gasteiger partial charge in [-0.15, -0.1) is 0 Å². The maximum absolute atomic E-state index is 12.5. The molecule has 0 saturated heterocycles. The average molecular weight is 483 g/mol. The minimum absolute atomic E-state index is 0.279. The molecule has 0 unspecified atom stereocenters. The maximum Gasteiger partial charge on any atom is 0.248 e. The van der Waals surface area contributed by atoms with Crippen LogP contribution in [0.2, 0.25) is 5.02 Å². The fourth-order valence-corrected chi connectivity index (χ4v) is 3.87. The lowest BCUT2D eigenvalue weighted by atomic mass is 10.1. The highest BCUT2D eigenvalue weighted by molar-refractivity contribution is 6.31. The summed E-state index contributed by atoms with van der Waals surface area (Å²) in [5.41, 5.74) is 7.16. The third-order valence-corrected chi connectivity index (χ3v) is 6.30. The summed E-state index contributed by atoms with van der Waals surface area (Å²) in [7, 11) is 0. The molecule has 2 aromatic heterocycles. The van der Waals surface area contributed by atoms with Gasteiger partial charge in [0.1, 0.15) is 17.0 Å². The van der Waals surface area contributed by atoms with E-state index >= 15 is 0 Å². The summed E-state index contributed by atoms with van der Waals surface area (Å²) in [5, 5.41) is 3.54. The maximum atomic E-state index is 12.5. The van der Waals surface area contributed by atoms with Gasteiger partial charge in [0.05, 0.1) is 0 Å². The van der Waals surface area contributed by atoms with Crippen LogP contribution in [0.4, 0.5) is 5.69 Å². The van der Waals surface area contributed by atoms with Crippen molar-refractivity contribution < 1.29 is 13.6 Å². The number of furan rings is 1. The minimum atomic E-state index is -0.279. The first-order chi connectivity index (χ1) is 16.9. The Morgan fingerprint density at radius 3 is 2.46 bits per heavy atom. The van der Waals surface area contributed by atoms with Crippen LogP contribution < -0.4 is 5.32 Å². The molecule has 5 rings (SSSR count). The van der Waals surface area contributed by atoms with E-state index in [1.54, 1.807) is 24.3 Å². The van der Waals surface area contributed by atoms with E-state index in [2.05, 4.69) is 36.3 Å². The second-order valence-electron chi connectivity index (χ2n) is 8.49. The van der Waals surface area contributed by atoms with Crippen LogP contribution in [-0.2, 0) is 4.79 Å². The number of aryl methyl sites for hydroxylation is 3. The van der Waals surface area contributed by atoms with Crippen LogP contribution in [0.25, 0.3) is 40.0 Å². The van der Waals surface area contributed by atoms with E-state index in [1.165, 1.54) is 17.2 Å². The summed E-state index contributed by atoms with van der Waals surface area (Å²) in [6.07, 6.45) is 3.05. The molecule has 0 saturated carbocycles. The van der Waals surface area contributed by atoms with Crippen molar-refractivity contribution in [3.8, 4) is 22.8 Å². The predicted molar refractivity (Wildman–Crippen MR) is 140 cm³/mol. The van der Waals surface area contributed by atoms with Crippen molar-refractivity contribution in [3.05, 3.63) is 100 Å². The minimum Gasteiger partial charge on any atom is -0.457 e. The molecule has 1 amide bonds. The first kappa shape index (κ1) is 22.7. The molecule has 0 spiro atoms. The molecule has 0 radical (unpaired) electrons. The Kier molecular flexibility index (Phi) is 6.01. The lowest BCUT2D eigenvalue weighted by Gasteiger charge is -2.01. The Balaban J connectivity index is 1.28. The Morgan fingerprint density at radius 1 is 0.857 bits per heavy atom. The van der Waals surface area contributed by atoms with E-state index in [9.17, 15) is 4.79 Å². The smallest absolute Gasteiger partial charge is 0.248 e. The SMILES string of the molecule is Cc1ccc(-c2nc3cc(NC(=O)/C=C/c4ccc(-c5ccc(C)c(Cl)c5)o4)ccc3o2)cc1C. The molecule has 6 heteroatoms. The van der Waals surface area contributed by atoms with E-state index in [0.717, 1.165) is 16.7 Å². The van der Waals surface area contributed by atoms with Gasteiger partial charge < -0.3 is 14.2 Å². The molecular weight excluding hydrogens is 460 g/mol. The van der Waals surface area contributed by atoms with Gasteiger partial charge >= 0.3 is 0 Å². The summed E-state index contributed by atoms with van der Waals surface area (Å²) >= 11 is 6.21. The van der Waals surface area contributed by atoms with Crippen molar-refractivity contribution in [2.75, 3.05) is 5.32 Å². The van der Waals surface area contributed by atoms with Gasteiger partial charge in [0.25, 0.3) is 0 Å². The summed E-state index contributed by atoms with van der Waals surface area (Å²) in [4.78, 5) is 17.1. The largest absolute Gasteiger partial charge is 0.457 e. The van der Waals surface area contributed by atoms with Gasteiger partial charge in [0, 0.05) is 27.9 Å². The van der Waals surface area contributed by atoms with Gasteiger partial charge in [-0.2, -0.15) is 0 Å². The lowest BCUT2D eigenvalue weighted by molar-refractivity contribution is -0.111. The van der Waals surface area contributed by atoms with Gasteiger partial charge in [-0.05, 0) is 92.1 Å². The quantitative estimate of drug-likeness (QED) is 0.258. The number of nitrogens with one attached hydrogen (secondary N) is 1. The Labute approximate surface area is 208 Å². The topological polar surface area (TPSA) is 68.3 Å².